The molecule has 0 atom stereocenters. The first-order valence-corrected chi connectivity index (χ1v) is 22.2. The van der Waals surface area contributed by atoms with Crippen LogP contribution < -0.4 is 4.90 Å². The Morgan fingerprint density at radius 1 is 0.359 bits per heavy atom. The third-order valence-corrected chi connectivity index (χ3v) is 13.0. The van der Waals surface area contributed by atoms with Crippen LogP contribution in [0.3, 0.4) is 0 Å². The van der Waals surface area contributed by atoms with Gasteiger partial charge in [0.2, 0.25) is 0 Å². The number of hydrogen-bond donors (Lipinski definition) is 0. The summed E-state index contributed by atoms with van der Waals surface area (Å²) in [5.41, 5.74) is 19.4. The zero-order chi connectivity index (χ0) is 42.4. The molecule has 0 saturated heterocycles. The highest BCUT2D eigenvalue weighted by molar-refractivity contribution is 6.12. The molecular formula is C62H43NO. The summed E-state index contributed by atoms with van der Waals surface area (Å²) in [7, 11) is 0. The smallest absolute Gasteiger partial charge is 0.143 e. The van der Waals surface area contributed by atoms with Crippen LogP contribution >= 0.6 is 0 Å². The molecule has 1 aliphatic carbocycles. The molecule has 12 rings (SSSR count). The maximum atomic E-state index is 6.97. The number of aryl methyl sites for hydroxylation is 1. The molecule has 1 aliphatic rings. The molecule has 302 valence electrons. The summed E-state index contributed by atoms with van der Waals surface area (Å²) in [6.45, 7) is 0. The van der Waals surface area contributed by atoms with E-state index in [-0.39, 0.29) is 0 Å². The van der Waals surface area contributed by atoms with Crippen LogP contribution in [0.25, 0.3) is 94.4 Å². The van der Waals surface area contributed by atoms with Crippen LogP contribution in [0, 0.1) is 0 Å². The molecule has 2 heteroatoms. The minimum Gasteiger partial charge on any atom is -0.455 e. The predicted octanol–water partition coefficient (Wildman–Crippen LogP) is 17.5. The van der Waals surface area contributed by atoms with Gasteiger partial charge in [-0.3, -0.25) is 0 Å². The molecule has 64 heavy (non-hydrogen) atoms. The average Bonchev–Trinajstić information content (AvgIpc) is 3.77. The van der Waals surface area contributed by atoms with E-state index in [0.29, 0.717) is 0 Å². The monoisotopic (exact) mass is 817 g/mol. The number of para-hydroxylation sites is 2. The first-order chi connectivity index (χ1) is 31.7. The predicted molar refractivity (Wildman–Crippen MR) is 270 cm³/mol. The van der Waals surface area contributed by atoms with Crippen LogP contribution in [0.5, 0.6) is 0 Å². The first-order valence-electron chi connectivity index (χ1n) is 22.2. The summed E-state index contributed by atoms with van der Waals surface area (Å²) in [6.07, 6.45) is 6.51. The molecule has 0 fully saturated rings. The third kappa shape index (κ3) is 6.68. The van der Waals surface area contributed by atoms with Crippen molar-refractivity contribution in [3.8, 4) is 55.6 Å². The lowest BCUT2D eigenvalue weighted by molar-refractivity contribution is 0.662. The Bertz CT molecular complexity index is 3530. The second-order valence-electron chi connectivity index (χ2n) is 16.7. The Kier molecular flexibility index (Phi) is 9.34. The summed E-state index contributed by atoms with van der Waals surface area (Å²) in [5, 5.41) is 4.80. The molecular weight excluding hydrogens is 775 g/mol. The van der Waals surface area contributed by atoms with Crippen molar-refractivity contribution in [1.82, 2.24) is 0 Å². The van der Waals surface area contributed by atoms with E-state index in [1.165, 1.54) is 66.2 Å². The maximum absolute atomic E-state index is 6.97. The van der Waals surface area contributed by atoms with Crippen LogP contribution in [0.2, 0.25) is 0 Å². The molecule has 0 amide bonds. The number of rotatable bonds is 8. The molecule has 1 heterocycles. The Labute approximate surface area is 373 Å². The zero-order valence-corrected chi connectivity index (χ0v) is 35.3. The van der Waals surface area contributed by atoms with Gasteiger partial charge in [0.1, 0.15) is 11.2 Å². The normalized spacial score (nSPS) is 12.2. The van der Waals surface area contributed by atoms with Gasteiger partial charge in [-0.15, -0.1) is 0 Å². The van der Waals surface area contributed by atoms with Gasteiger partial charge >= 0.3 is 0 Å². The number of allylic oxidation sites excluding steroid dienone is 1. The lowest BCUT2D eigenvalue weighted by Crippen LogP contribution is -2.11. The van der Waals surface area contributed by atoms with Crippen molar-refractivity contribution in [3.63, 3.8) is 0 Å². The van der Waals surface area contributed by atoms with E-state index in [4.69, 9.17) is 4.42 Å². The van der Waals surface area contributed by atoms with Crippen LogP contribution in [0.1, 0.15) is 17.5 Å². The number of nitrogens with zero attached hydrogens (tertiary/aromatic N) is 1. The summed E-state index contributed by atoms with van der Waals surface area (Å²) in [5.74, 6) is 0. The van der Waals surface area contributed by atoms with Gasteiger partial charge in [-0.05, 0) is 122 Å². The minimum atomic E-state index is 0.919. The van der Waals surface area contributed by atoms with Crippen LogP contribution in [-0.2, 0) is 6.42 Å². The molecule has 0 bridgehead atoms. The van der Waals surface area contributed by atoms with E-state index >= 15 is 0 Å². The molecule has 0 aliphatic heterocycles. The SMILES string of the molecule is C1=Cc2ccc3c(oc4c(-c5ccccc5N(c5ccc(-c6ccc(-c7ccccc7)c(-c7ccccc7)c6)cc5)c5ccc(-c6ccc7ccccc7c6)cc5)cccc43)c2CC1. The molecule has 10 aromatic carbocycles. The van der Waals surface area contributed by atoms with Crippen LogP contribution in [-0.4, -0.2) is 0 Å². The fourth-order valence-electron chi connectivity index (χ4n) is 9.75. The first kappa shape index (κ1) is 37.6. The lowest BCUT2D eigenvalue weighted by atomic mass is 9.91. The maximum Gasteiger partial charge on any atom is 0.143 e. The van der Waals surface area contributed by atoms with Crippen molar-refractivity contribution < 1.29 is 4.42 Å². The number of hydrogen-bond acceptors (Lipinski definition) is 2. The number of furan rings is 1. The van der Waals surface area contributed by atoms with Gasteiger partial charge < -0.3 is 9.32 Å². The van der Waals surface area contributed by atoms with E-state index in [2.05, 4.69) is 242 Å². The van der Waals surface area contributed by atoms with Crippen molar-refractivity contribution in [2.75, 3.05) is 4.90 Å². The van der Waals surface area contributed by atoms with E-state index in [0.717, 1.165) is 63.1 Å². The third-order valence-electron chi connectivity index (χ3n) is 13.0. The van der Waals surface area contributed by atoms with E-state index in [1.54, 1.807) is 0 Å². The molecule has 0 spiro atoms. The van der Waals surface area contributed by atoms with Gasteiger partial charge in [0, 0.05) is 38.8 Å². The Morgan fingerprint density at radius 2 is 0.953 bits per heavy atom. The molecule has 0 saturated carbocycles. The molecule has 0 radical (unpaired) electrons. The van der Waals surface area contributed by atoms with Gasteiger partial charge in [0.05, 0.1) is 5.69 Å². The number of benzene rings is 10. The molecule has 11 aromatic rings. The topological polar surface area (TPSA) is 16.4 Å². The fraction of sp³-hybridized carbons (Fsp3) is 0.0323. The van der Waals surface area contributed by atoms with Gasteiger partial charge in [-0.1, -0.05) is 188 Å². The molecule has 2 nitrogen and oxygen atoms in total. The van der Waals surface area contributed by atoms with Gasteiger partial charge in [-0.25, -0.2) is 0 Å². The van der Waals surface area contributed by atoms with Crippen molar-refractivity contribution >= 4 is 55.8 Å². The van der Waals surface area contributed by atoms with Crippen LogP contribution in [0.15, 0.2) is 235 Å². The Hall–Kier alpha value is -8.20. The summed E-state index contributed by atoms with van der Waals surface area (Å²) in [4.78, 5) is 2.39. The molecule has 0 N–H and O–H groups in total. The van der Waals surface area contributed by atoms with E-state index < -0.39 is 0 Å². The number of anilines is 3. The average molecular weight is 818 g/mol. The van der Waals surface area contributed by atoms with Crippen LogP contribution in [0.4, 0.5) is 17.1 Å². The highest BCUT2D eigenvalue weighted by Gasteiger charge is 2.22. The van der Waals surface area contributed by atoms with E-state index in [9.17, 15) is 0 Å². The second kappa shape index (κ2) is 15.9. The van der Waals surface area contributed by atoms with Crippen molar-refractivity contribution in [2.24, 2.45) is 0 Å². The fourth-order valence-corrected chi connectivity index (χ4v) is 9.75. The number of fused-ring (bicyclic) bond motifs is 6. The summed E-state index contributed by atoms with van der Waals surface area (Å²) >= 11 is 0. The summed E-state index contributed by atoms with van der Waals surface area (Å²) < 4.78 is 6.97. The summed E-state index contributed by atoms with van der Waals surface area (Å²) in [6, 6.07) is 81.4. The minimum absolute atomic E-state index is 0.919. The Balaban J connectivity index is 0.990. The highest BCUT2D eigenvalue weighted by Crippen LogP contribution is 2.46. The standard InChI is InChI=1S/C62H43NO/c1-3-15-45(16-4-1)53-38-33-50(41-59(53)46-17-5-2-6-18-46)44-30-36-52(37-31-44)63(51-34-28-43(29-35-51)49-27-26-42-14-7-8-20-48(42)40-49)60-25-12-11-22-55(60)56-23-13-24-57-58-39-32-47-19-9-10-21-54(47)61(58)64-62(56)57/h1-9,11-20,22-41H,10,21H2. The van der Waals surface area contributed by atoms with E-state index in [1.807, 2.05) is 0 Å². The van der Waals surface area contributed by atoms with Crippen molar-refractivity contribution in [1.29, 1.82) is 0 Å². The van der Waals surface area contributed by atoms with Crippen molar-refractivity contribution in [3.05, 3.63) is 242 Å². The quantitative estimate of drug-likeness (QED) is 0.152. The van der Waals surface area contributed by atoms with Gasteiger partial charge in [0.25, 0.3) is 0 Å². The largest absolute Gasteiger partial charge is 0.455 e. The second-order valence-corrected chi connectivity index (χ2v) is 16.7. The highest BCUT2D eigenvalue weighted by atomic mass is 16.3. The Morgan fingerprint density at radius 3 is 1.70 bits per heavy atom. The lowest BCUT2D eigenvalue weighted by Gasteiger charge is -2.28. The molecule has 1 aromatic heterocycles. The molecule has 0 unspecified atom stereocenters. The van der Waals surface area contributed by atoms with Gasteiger partial charge in [0.15, 0.2) is 0 Å². The zero-order valence-electron chi connectivity index (χ0n) is 35.3. The van der Waals surface area contributed by atoms with Gasteiger partial charge in [-0.2, -0.15) is 0 Å². The van der Waals surface area contributed by atoms with Crippen molar-refractivity contribution in [2.45, 2.75) is 12.8 Å².